The van der Waals surface area contributed by atoms with Gasteiger partial charge in [0, 0.05) is 0 Å². The van der Waals surface area contributed by atoms with Crippen LogP contribution in [0.2, 0.25) is 0 Å². The van der Waals surface area contributed by atoms with Crippen molar-refractivity contribution in [3.05, 3.63) is 11.5 Å². The number of allylic oxidation sites excluding steroid dienone is 2. The second kappa shape index (κ2) is 3.72. The molecule has 0 atom stereocenters. The summed E-state index contributed by atoms with van der Waals surface area (Å²) in [6, 6.07) is 0. The summed E-state index contributed by atoms with van der Waals surface area (Å²) in [7, 11) is 0.762. The molecule has 0 saturated carbocycles. The van der Waals surface area contributed by atoms with Crippen LogP contribution < -0.4 is 0 Å². The molecule has 48 valence electrons. The molecule has 0 amide bonds. The van der Waals surface area contributed by atoms with Crippen molar-refractivity contribution in [1.29, 1.82) is 5.16 Å². The molecule has 1 rings (SSSR count). The van der Waals surface area contributed by atoms with Gasteiger partial charge in [-0.3, -0.25) is 5.16 Å². The summed E-state index contributed by atoms with van der Waals surface area (Å²) in [5, 5.41) is 7.10. The predicted molar refractivity (Wildman–Crippen MR) is 51.3 cm³/mol. The zero-order chi connectivity index (χ0) is 6.69. The summed E-state index contributed by atoms with van der Waals surface area (Å²) in [4.78, 5) is 0. The van der Waals surface area contributed by atoms with Crippen LogP contribution in [0.5, 0.6) is 0 Å². The van der Waals surface area contributed by atoms with Crippen molar-refractivity contribution in [2.24, 2.45) is 0 Å². The van der Waals surface area contributed by atoms with Gasteiger partial charge in [-0.25, -0.2) is 0 Å². The Bertz CT molecular complexity index is 148. The highest BCUT2D eigenvalue weighted by molar-refractivity contribution is 14.1. The Kier molecular flexibility index (Phi) is 3.20. The first-order valence-corrected chi connectivity index (χ1v) is 5.25. The van der Waals surface area contributed by atoms with E-state index < -0.39 is 0 Å². The summed E-state index contributed by atoms with van der Waals surface area (Å²) in [6.07, 6.45) is 6.08. The monoisotopic (exact) mass is 251 g/mol. The molecule has 0 saturated heterocycles. The second-order valence-electron chi connectivity index (χ2n) is 2.14. The summed E-state index contributed by atoms with van der Waals surface area (Å²) in [5.41, 5.74) is 1.49. The van der Waals surface area contributed by atoms with Gasteiger partial charge in [0.25, 0.3) is 0 Å². The fourth-order valence-electron chi connectivity index (χ4n) is 0.995. The summed E-state index contributed by atoms with van der Waals surface area (Å²) >= 11 is 2.34. The summed E-state index contributed by atoms with van der Waals surface area (Å²) in [5.74, 6) is 0. The molecule has 0 aromatic carbocycles. The maximum Gasteiger partial charge on any atom is 0.325 e. The highest BCUT2D eigenvalue weighted by Crippen LogP contribution is 2.28. The van der Waals surface area contributed by atoms with E-state index in [-0.39, 0.29) is 0 Å². The number of halogens is 1. The fourth-order valence-corrected chi connectivity index (χ4v) is 1.96. The number of nitrogens with one attached hydrogen (secondary N) is 1. The first-order chi connectivity index (χ1) is 4.34. The molecule has 1 nitrogen and oxygen atoms in total. The topological polar surface area (TPSA) is 23.9 Å². The van der Waals surface area contributed by atoms with E-state index in [1.165, 1.54) is 24.7 Å². The average molecular weight is 251 g/mol. The van der Waals surface area contributed by atoms with Crippen LogP contribution in [0.15, 0.2) is 11.5 Å². The van der Waals surface area contributed by atoms with Crippen molar-refractivity contribution in [3.63, 3.8) is 0 Å². The molecule has 0 fully saturated rings. The Labute approximate surface area is 70.9 Å². The van der Waals surface area contributed by atoms with Gasteiger partial charge in [0.05, 0.1) is 0 Å². The van der Waals surface area contributed by atoms with Gasteiger partial charge in [-0.15, -0.1) is 22.4 Å². The third-order valence-corrected chi connectivity index (χ3v) is 3.69. The van der Waals surface area contributed by atoms with Crippen molar-refractivity contribution in [2.45, 2.75) is 19.3 Å². The molecule has 0 spiro atoms. The van der Waals surface area contributed by atoms with Crippen molar-refractivity contribution >= 4 is 34.9 Å². The van der Waals surface area contributed by atoms with Gasteiger partial charge in [0.2, 0.25) is 0 Å². The molecular weight excluding hydrogens is 243 g/mol. The Balaban J connectivity index is 2.50. The van der Waals surface area contributed by atoms with Crippen LogP contribution in [0.25, 0.3) is 0 Å². The molecule has 9 heavy (non-hydrogen) atoms. The van der Waals surface area contributed by atoms with Crippen molar-refractivity contribution in [2.75, 3.05) is 0 Å². The average Bonchev–Trinajstić information content (AvgIpc) is 2.37. The lowest BCUT2D eigenvalue weighted by Crippen LogP contribution is -1.94. The molecule has 0 aliphatic heterocycles. The maximum atomic E-state index is 7.10. The first-order valence-electron chi connectivity index (χ1n) is 3.04. The van der Waals surface area contributed by atoms with E-state index in [9.17, 15) is 0 Å². The van der Waals surface area contributed by atoms with E-state index >= 15 is 0 Å². The fraction of sp³-hybridized carbons (Fsp3) is 0.600. The lowest BCUT2D eigenvalue weighted by atomic mass is 9.93. The summed E-state index contributed by atoms with van der Waals surface area (Å²) in [6.45, 7) is 0. The second-order valence-corrected chi connectivity index (χ2v) is 5.14. The van der Waals surface area contributed by atoms with Gasteiger partial charge in [-0.1, -0.05) is 11.5 Å². The van der Waals surface area contributed by atoms with Crippen LogP contribution in [0.4, 0.5) is 0 Å². The molecular formula is C5H8BINP. The lowest BCUT2D eigenvalue weighted by Gasteiger charge is -1.96. The predicted octanol–water partition coefficient (Wildman–Crippen LogP) is 3.27. The minimum Gasteiger partial charge on any atom is -0.294 e. The van der Waals surface area contributed by atoms with Crippen LogP contribution in [-0.2, 0) is 0 Å². The standard InChI is InChI=1S/C5H8BINP/c7-6(9-8)5-3-1-2-4-5/h3,8H,1-2,4H2. The zero-order valence-corrected chi connectivity index (χ0v) is 8.15. The quantitative estimate of drug-likeness (QED) is 0.442. The minimum absolute atomic E-state index is 0.463. The van der Waals surface area contributed by atoms with E-state index in [4.69, 9.17) is 5.16 Å². The molecule has 0 aromatic rings. The molecule has 0 radical (unpaired) electrons. The van der Waals surface area contributed by atoms with Crippen molar-refractivity contribution in [1.82, 2.24) is 0 Å². The Morgan fingerprint density at radius 1 is 1.78 bits per heavy atom. The van der Waals surface area contributed by atoms with Gasteiger partial charge in [-0.2, -0.15) is 0 Å². The van der Waals surface area contributed by atoms with Gasteiger partial charge < -0.3 is 0 Å². The molecule has 1 aliphatic rings. The van der Waals surface area contributed by atoms with Crippen molar-refractivity contribution < 1.29 is 0 Å². The number of rotatable bonds is 2. The van der Waals surface area contributed by atoms with Gasteiger partial charge >= 0.3 is 4.29 Å². The van der Waals surface area contributed by atoms with E-state index in [2.05, 4.69) is 28.5 Å². The molecule has 4 heteroatoms. The van der Waals surface area contributed by atoms with Gasteiger partial charge in [0.1, 0.15) is 0 Å². The Hall–Kier alpha value is 0.635. The summed E-state index contributed by atoms with van der Waals surface area (Å²) < 4.78 is 0.463. The molecule has 0 bridgehead atoms. The SMILES string of the molecule is N=PB(I)C1=CCCC1. The smallest absolute Gasteiger partial charge is 0.294 e. The van der Waals surface area contributed by atoms with Crippen molar-refractivity contribution in [3.8, 4) is 0 Å². The third kappa shape index (κ3) is 2.04. The lowest BCUT2D eigenvalue weighted by molar-refractivity contribution is 0.923. The molecule has 0 aromatic heterocycles. The minimum atomic E-state index is 0.463. The Morgan fingerprint density at radius 2 is 2.56 bits per heavy atom. The van der Waals surface area contributed by atoms with E-state index in [0.29, 0.717) is 4.29 Å². The Morgan fingerprint density at radius 3 is 3.00 bits per heavy atom. The van der Waals surface area contributed by atoms with E-state index in [1.54, 1.807) is 0 Å². The third-order valence-electron chi connectivity index (χ3n) is 1.50. The maximum absolute atomic E-state index is 7.10. The van der Waals surface area contributed by atoms with Gasteiger partial charge in [0.15, 0.2) is 0 Å². The molecule has 0 heterocycles. The van der Waals surface area contributed by atoms with Crippen LogP contribution in [0.1, 0.15) is 19.3 Å². The largest absolute Gasteiger partial charge is 0.325 e. The van der Waals surface area contributed by atoms with Gasteiger partial charge in [-0.05, 0) is 27.5 Å². The zero-order valence-electron chi connectivity index (χ0n) is 5.10. The number of hydrogen-bond donors (Lipinski definition) is 1. The van der Waals surface area contributed by atoms with Crippen LogP contribution in [0.3, 0.4) is 0 Å². The molecule has 1 N–H and O–H groups in total. The van der Waals surface area contributed by atoms with Crippen LogP contribution >= 0.6 is 30.6 Å². The van der Waals surface area contributed by atoms with Crippen LogP contribution in [-0.4, -0.2) is 4.29 Å². The van der Waals surface area contributed by atoms with E-state index in [0.717, 1.165) is 8.25 Å². The highest BCUT2D eigenvalue weighted by atomic mass is 127. The first kappa shape index (κ1) is 7.74. The van der Waals surface area contributed by atoms with E-state index in [1.807, 2.05) is 0 Å². The molecule has 0 unspecified atom stereocenters. The highest BCUT2D eigenvalue weighted by Gasteiger charge is 2.15. The number of hydrogen-bond acceptors (Lipinski definition) is 1. The van der Waals surface area contributed by atoms with Crippen LogP contribution in [0, 0.1) is 5.16 Å². The molecule has 1 aliphatic carbocycles. The normalized spacial score (nSPS) is 18.1.